The second-order valence-corrected chi connectivity index (χ2v) is 6.33. The number of amides is 3. The first-order chi connectivity index (χ1) is 11.3. The molecule has 2 N–H and O–H groups in total. The largest absolute Gasteiger partial charge is 0.463 e. The van der Waals surface area contributed by atoms with E-state index < -0.39 is 23.6 Å². The van der Waals surface area contributed by atoms with Crippen molar-refractivity contribution >= 4 is 23.5 Å². The highest BCUT2D eigenvalue weighted by molar-refractivity contribution is 6.31. The molecule has 0 unspecified atom stereocenters. The number of aryl methyl sites for hydroxylation is 1. The average molecular weight is 349 g/mol. The maximum absolute atomic E-state index is 12.7. The van der Waals surface area contributed by atoms with Crippen LogP contribution in [0.4, 0.5) is 4.79 Å². The topological polar surface area (TPSA) is 82.8 Å². The first kappa shape index (κ1) is 16.5. The van der Waals surface area contributed by atoms with Gasteiger partial charge in [0, 0.05) is 10.6 Å². The Bertz CT molecular complexity index is 803. The molecule has 3 amide bonds. The van der Waals surface area contributed by atoms with Crippen LogP contribution in [0.5, 0.6) is 0 Å². The van der Waals surface area contributed by atoms with E-state index in [1.807, 2.05) is 0 Å². The molecule has 2 atom stereocenters. The number of nitrogens with zero attached hydrogens (tertiary/aromatic N) is 1. The van der Waals surface area contributed by atoms with Gasteiger partial charge in [0.05, 0.1) is 12.6 Å². The molecule has 126 valence electrons. The van der Waals surface area contributed by atoms with Crippen LogP contribution in [0.3, 0.4) is 0 Å². The Hall–Kier alpha value is -2.31. The quantitative estimate of drug-likeness (QED) is 0.832. The van der Waals surface area contributed by atoms with Gasteiger partial charge in [0.25, 0.3) is 5.91 Å². The summed E-state index contributed by atoms with van der Waals surface area (Å²) in [6.45, 7) is 3.14. The summed E-state index contributed by atoms with van der Waals surface area (Å²) < 4.78 is 5.50. The number of nitrogens with one attached hydrogen (secondary N) is 1. The Balaban J connectivity index is 1.84. The van der Waals surface area contributed by atoms with E-state index >= 15 is 0 Å². The summed E-state index contributed by atoms with van der Waals surface area (Å²) in [6, 6.07) is 9.56. The number of hydrogen-bond acceptors (Lipinski definition) is 4. The molecule has 2 heterocycles. The summed E-state index contributed by atoms with van der Waals surface area (Å²) >= 11 is 6.05. The van der Waals surface area contributed by atoms with Gasteiger partial charge in [-0.2, -0.15) is 0 Å². The van der Waals surface area contributed by atoms with Gasteiger partial charge in [-0.25, -0.2) is 4.79 Å². The molecule has 6 nitrogen and oxygen atoms in total. The van der Waals surface area contributed by atoms with Crippen LogP contribution >= 0.6 is 11.6 Å². The predicted octanol–water partition coefficient (Wildman–Crippen LogP) is 2.74. The van der Waals surface area contributed by atoms with E-state index in [-0.39, 0.29) is 6.54 Å². The van der Waals surface area contributed by atoms with Gasteiger partial charge < -0.3 is 14.8 Å². The minimum absolute atomic E-state index is 0.191. The molecular formula is C17H17ClN2O4. The maximum Gasteiger partial charge on any atom is 0.325 e. The van der Waals surface area contributed by atoms with Crippen LogP contribution in [0, 0.1) is 6.92 Å². The third-order valence-electron chi connectivity index (χ3n) is 4.13. The highest BCUT2D eigenvalue weighted by atomic mass is 35.5. The van der Waals surface area contributed by atoms with E-state index in [1.165, 1.54) is 0 Å². The molecule has 1 aromatic carbocycles. The summed E-state index contributed by atoms with van der Waals surface area (Å²) in [5.41, 5.74) is -0.826. The molecule has 0 spiro atoms. The Morgan fingerprint density at radius 1 is 1.29 bits per heavy atom. The number of benzene rings is 1. The Kier molecular flexibility index (Phi) is 4.11. The number of halogens is 1. The van der Waals surface area contributed by atoms with Gasteiger partial charge >= 0.3 is 6.03 Å². The number of β-amino-alcohol motifs (C(OH)–C–C–N with tert-alkyl or cyclic N) is 1. The molecule has 1 aliphatic rings. The third kappa shape index (κ3) is 2.68. The van der Waals surface area contributed by atoms with Gasteiger partial charge in [-0.1, -0.05) is 29.8 Å². The van der Waals surface area contributed by atoms with Crippen molar-refractivity contribution in [2.24, 2.45) is 0 Å². The molecule has 1 fully saturated rings. The van der Waals surface area contributed by atoms with Crippen molar-refractivity contribution in [1.29, 1.82) is 0 Å². The van der Waals surface area contributed by atoms with Crippen LogP contribution in [0.2, 0.25) is 5.02 Å². The lowest BCUT2D eigenvalue weighted by atomic mass is 9.99. The number of imide groups is 1. The van der Waals surface area contributed by atoms with Crippen molar-refractivity contribution in [2.45, 2.75) is 25.5 Å². The lowest BCUT2D eigenvalue weighted by molar-refractivity contribution is -0.132. The summed E-state index contributed by atoms with van der Waals surface area (Å²) in [5, 5.41) is 13.4. The van der Waals surface area contributed by atoms with Crippen LogP contribution < -0.4 is 5.32 Å². The van der Waals surface area contributed by atoms with Crippen molar-refractivity contribution in [1.82, 2.24) is 10.2 Å². The molecule has 0 saturated carbocycles. The zero-order valence-corrected chi connectivity index (χ0v) is 14.0. The molecule has 0 radical (unpaired) electrons. The lowest BCUT2D eigenvalue weighted by Gasteiger charge is -2.21. The van der Waals surface area contributed by atoms with E-state index in [9.17, 15) is 14.7 Å². The summed E-state index contributed by atoms with van der Waals surface area (Å²) in [5.74, 6) is 0.517. The fraction of sp³-hybridized carbons (Fsp3) is 0.294. The zero-order valence-electron chi connectivity index (χ0n) is 13.2. The summed E-state index contributed by atoms with van der Waals surface area (Å²) in [6.07, 6.45) is -1.07. The molecule has 7 heteroatoms. The monoisotopic (exact) mass is 348 g/mol. The number of rotatable bonds is 4. The van der Waals surface area contributed by atoms with Gasteiger partial charge in [-0.15, -0.1) is 0 Å². The van der Waals surface area contributed by atoms with E-state index in [0.29, 0.717) is 22.1 Å². The van der Waals surface area contributed by atoms with Gasteiger partial charge in [0.15, 0.2) is 5.54 Å². The fourth-order valence-electron chi connectivity index (χ4n) is 2.75. The van der Waals surface area contributed by atoms with Crippen LogP contribution in [0.25, 0.3) is 0 Å². The standard InChI is InChI=1S/C17H17ClN2O4/c1-10-7-8-14(24-10)17(2)15(22)20(16(23)19-17)9-13(21)11-5-3-4-6-12(11)18/h3-8,13,21H,9H2,1-2H3,(H,19,23)/t13-,17-/m0/s1. The Labute approximate surface area is 144 Å². The van der Waals surface area contributed by atoms with Crippen LogP contribution in [-0.2, 0) is 10.3 Å². The van der Waals surface area contributed by atoms with Crippen molar-refractivity contribution in [3.05, 3.63) is 58.5 Å². The first-order valence-electron chi connectivity index (χ1n) is 7.46. The van der Waals surface area contributed by atoms with E-state index in [1.54, 1.807) is 50.2 Å². The highest BCUT2D eigenvalue weighted by Gasteiger charge is 2.51. The molecule has 1 saturated heterocycles. The molecule has 1 aromatic heterocycles. The zero-order chi connectivity index (χ0) is 17.5. The smallest absolute Gasteiger partial charge is 0.325 e. The van der Waals surface area contributed by atoms with Crippen molar-refractivity contribution in [3.63, 3.8) is 0 Å². The van der Waals surface area contributed by atoms with Crippen LogP contribution in [0.15, 0.2) is 40.8 Å². The van der Waals surface area contributed by atoms with Gasteiger partial charge in [-0.3, -0.25) is 9.69 Å². The van der Waals surface area contributed by atoms with Crippen LogP contribution in [-0.4, -0.2) is 28.5 Å². The summed E-state index contributed by atoms with van der Waals surface area (Å²) in [7, 11) is 0. The molecule has 3 rings (SSSR count). The highest BCUT2D eigenvalue weighted by Crippen LogP contribution is 2.32. The minimum atomic E-state index is -1.29. The van der Waals surface area contributed by atoms with E-state index in [4.69, 9.17) is 16.0 Å². The van der Waals surface area contributed by atoms with Crippen LogP contribution in [0.1, 0.15) is 30.1 Å². The van der Waals surface area contributed by atoms with Crippen molar-refractivity contribution < 1.29 is 19.1 Å². The maximum atomic E-state index is 12.7. The fourth-order valence-corrected chi connectivity index (χ4v) is 3.01. The molecule has 0 bridgehead atoms. The minimum Gasteiger partial charge on any atom is -0.463 e. The third-order valence-corrected chi connectivity index (χ3v) is 4.47. The molecule has 24 heavy (non-hydrogen) atoms. The van der Waals surface area contributed by atoms with Gasteiger partial charge in [0.2, 0.25) is 0 Å². The first-order valence-corrected chi connectivity index (χ1v) is 7.84. The Morgan fingerprint density at radius 2 is 2.00 bits per heavy atom. The Morgan fingerprint density at radius 3 is 2.62 bits per heavy atom. The average Bonchev–Trinajstić information content (AvgIpc) is 3.06. The second-order valence-electron chi connectivity index (χ2n) is 5.92. The number of aliphatic hydroxyl groups excluding tert-OH is 1. The van der Waals surface area contributed by atoms with E-state index in [2.05, 4.69) is 5.32 Å². The number of hydrogen-bond donors (Lipinski definition) is 2. The van der Waals surface area contributed by atoms with E-state index in [0.717, 1.165) is 4.90 Å². The number of aliphatic hydroxyl groups is 1. The SMILES string of the molecule is Cc1ccc([C@]2(C)NC(=O)N(C[C@H](O)c3ccccc3Cl)C2=O)o1. The predicted molar refractivity (Wildman–Crippen MR) is 87.5 cm³/mol. The number of urea groups is 1. The molecular weight excluding hydrogens is 332 g/mol. The lowest BCUT2D eigenvalue weighted by Crippen LogP contribution is -2.41. The van der Waals surface area contributed by atoms with Crippen molar-refractivity contribution in [3.8, 4) is 0 Å². The number of furan rings is 1. The molecule has 2 aromatic rings. The molecule has 1 aliphatic heterocycles. The molecule has 0 aliphatic carbocycles. The second kappa shape index (κ2) is 5.96. The van der Waals surface area contributed by atoms with Crippen molar-refractivity contribution in [2.75, 3.05) is 6.54 Å². The number of carbonyl (C=O) groups excluding carboxylic acids is 2. The summed E-state index contributed by atoms with van der Waals surface area (Å²) in [4.78, 5) is 26.0. The normalized spacial score (nSPS) is 21.9. The van der Waals surface area contributed by atoms with Gasteiger partial charge in [-0.05, 0) is 32.0 Å². The van der Waals surface area contributed by atoms with Gasteiger partial charge in [0.1, 0.15) is 11.5 Å². The number of carbonyl (C=O) groups is 2.